The number of nitrogens with zero attached hydrogens (tertiary/aromatic N) is 4. The topological polar surface area (TPSA) is 72.2 Å². The lowest BCUT2D eigenvalue weighted by Crippen LogP contribution is -2.45. The fourth-order valence-corrected chi connectivity index (χ4v) is 4.11. The molecular weight excluding hydrogens is 370 g/mol. The van der Waals surface area contributed by atoms with Gasteiger partial charge in [-0.1, -0.05) is 18.5 Å². The molecule has 0 unspecified atom stereocenters. The van der Waals surface area contributed by atoms with Gasteiger partial charge >= 0.3 is 0 Å². The zero-order valence-corrected chi connectivity index (χ0v) is 16.5. The van der Waals surface area contributed by atoms with Crippen LogP contribution >= 0.6 is 22.9 Å². The number of aromatic nitrogens is 4. The van der Waals surface area contributed by atoms with Crippen LogP contribution < -0.4 is 5.32 Å². The van der Waals surface area contributed by atoms with E-state index in [-0.39, 0.29) is 11.4 Å². The highest BCUT2D eigenvalue weighted by molar-refractivity contribution is 7.13. The van der Waals surface area contributed by atoms with Gasteiger partial charge in [-0.3, -0.25) is 9.20 Å². The summed E-state index contributed by atoms with van der Waals surface area (Å²) in [6.07, 6.45) is 4.77. The Morgan fingerprint density at radius 2 is 2.19 bits per heavy atom. The molecule has 6 nitrogen and oxygen atoms in total. The molecule has 0 saturated heterocycles. The van der Waals surface area contributed by atoms with E-state index in [4.69, 9.17) is 11.6 Å². The summed E-state index contributed by atoms with van der Waals surface area (Å²) in [6.45, 7) is 6.19. The molecule has 1 fully saturated rings. The van der Waals surface area contributed by atoms with Gasteiger partial charge in [0.15, 0.2) is 11.3 Å². The SMILES string of the molecule is CCc1cc(-c2nc(Cl)cs2)nc2c(C(=O)NC(C)(C)C3CC3)ncn12. The molecule has 3 aromatic rings. The first kappa shape index (κ1) is 17.4. The molecule has 1 aliphatic rings. The largest absolute Gasteiger partial charge is 0.345 e. The molecule has 1 aliphatic carbocycles. The maximum Gasteiger partial charge on any atom is 0.274 e. The minimum absolute atomic E-state index is 0.187. The molecule has 26 heavy (non-hydrogen) atoms. The summed E-state index contributed by atoms with van der Waals surface area (Å²) < 4.78 is 1.87. The Morgan fingerprint density at radius 1 is 1.42 bits per heavy atom. The van der Waals surface area contributed by atoms with Gasteiger partial charge in [-0.25, -0.2) is 15.0 Å². The summed E-state index contributed by atoms with van der Waals surface area (Å²) in [6, 6.07) is 1.97. The van der Waals surface area contributed by atoms with Crippen molar-refractivity contribution in [3.8, 4) is 10.7 Å². The van der Waals surface area contributed by atoms with Crippen LogP contribution in [0.25, 0.3) is 16.3 Å². The van der Waals surface area contributed by atoms with E-state index in [1.165, 1.54) is 11.3 Å². The van der Waals surface area contributed by atoms with Gasteiger partial charge in [-0.05, 0) is 45.1 Å². The van der Waals surface area contributed by atoms with Crippen LogP contribution in [0.4, 0.5) is 0 Å². The minimum Gasteiger partial charge on any atom is -0.345 e. The van der Waals surface area contributed by atoms with Crippen LogP contribution in [0.1, 0.15) is 49.8 Å². The third-order valence-corrected chi connectivity index (χ3v) is 6.08. The molecule has 0 aliphatic heterocycles. The normalized spacial score (nSPS) is 14.8. The van der Waals surface area contributed by atoms with Crippen LogP contribution in [0.5, 0.6) is 0 Å². The molecule has 0 spiro atoms. The van der Waals surface area contributed by atoms with Crippen molar-refractivity contribution in [2.24, 2.45) is 5.92 Å². The van der Waals surface area contributed by atoms with Crippen LogP contribution in [-0.2, 0) is 6.42 Å². The number of amides is 1. The van der Waals surface area contributed by atoms with Crippen molar-refractivity contribution < 1.29 is 4.79 Å². The molecule has 1 amide bonds. The molecule has 0 bridgehead atoms. The van der Waals surface area contributed by atoms with Crippen LogP contribution in [-0.4, -0.2) is 30.8 Å². The number of nitrogens with one attached hydrogen (secondary N) is 1. The first-order valence-corrected chi connectivity index (χ1v) is 9.95. The molecule has 1 N–H and O–H groups in total. The van der Waals surface area contributed by atoms with Gasteiger partial charge in [-0.15, -0.1) is 11.3 Å². The van der Waals surface area contributed by atoms with Gasteiger partial charge in [0.25, 0.3) is 5.91 Å². The Hall–Kier alpha value is -1.99. The monoisotopic (exact) mass is 389 g/mol. The number of hydrogen-bond acceptors (Lipinski definition) is 5. The summed E-state index contributed by atoms with van der Waals surface area (Å²) >= 11 is 7.39. The molecule has 1 saturated carbocycles. The number of imidazole rings is 1. The Balaban J connectivity index is 1.77. The van der Waals surface area contributed by atoms with Crippen molar-refractivity contribution >= 4 is 34.5 Å². The molecule has 0 radical (unpaired) electrons. The first-order chi connectivity index (χ1) is 12.4. The second-order valence-electron chi connectivity index (χ2n) is 7.20. The molecule has 0 aromatic carbocycles. The molecular formula is C18H20ClN5OS. The molecule has 4 rings (SSSR count). The molecule has 3 aromatic heterocycles. The smallest absolute Gasteiger partial charge is 0.274 e. The number of rotatable bonds is 5. The third kappa shape index (κ3) is 3.10. The zero-order chi connectivity index (χ0) is 18.5. The van der Waals surface area contributed by atoms with Crippen LogP contribution in [0, 0.1) is 5.92 Å². The molecule has 8 heteroatoms. The highest BCUT2D eigenvalue weighted by Gasteiger charge is 2.39. The van der Waals surface area contributed by atoms with Crippen molar-refractivity contribution in [2.75, 3.05) is 0 Å². The van der Waals surface area contributed by atoms with Crippen molar-refractivity contribution in [3.05, 3.63) is 34.3 Å². The van der Waals surface area contributed by atoms with Gasteiger partial charge in [0.05, 0.1) is 0 Å². The molecule has 0 atom stereocenters. The van der Waals surface area contributed by atoms with E-state index >= 15 is 0 Å². The lowest BCUT2D eigenvalue weighted by atomic mass is 9.98. The fraction of sp³-hybridized carbons (Fsp3) is 0.444. The zero-order valence-electron chi connectivity index (χ0n) is 14.9. The highest BCUT2D eigenvalue weighted by Crippen LogP contribution is 2.39. The average molecular weight is 390 g/mol. The van der Waals surface area contributed by atoms with E-state index < -0.39 is 0 Å². The number of hydrogen-bond donors (Lipinski definition) is 1. The van der Waals surface area contributed by atoms with Gasteiger partial charge in [-0.2, -0.15) is 0 Å². The summed E-state index contributed by atoms with van der Waals surface area (Å²) in [5, 5.41) is 6.08. The maximum atomic E-state index is 12.9. The quantitative estimate of drug-likeness (QED) is 0.716. The summed E-state index contributed by atoms with van der Waals surface area (Å²) in [5.74, 6) is 0.348. The van der Waals surface area contributed by atoms with Crippen molar-refractivity contribution in [2.45, 2.75) is 45.6 Å². The van der Waals surface area contributed by atoms with E-state index in [1.54, 1.807) is 11.7 Å². The van der Waals surface area contributed by atoms with Crippen LogP contribution in [0.3, 0.4) is 0 Å². The van der Waals surface area contributed by atoms with Crippen LogP contribution in [0.2, 0.25) is 5.15 Å². The number of carbonyl (C=O) groups is 1. The third-order valence-electron chi connectivity index (χ3n) is 4.89. The maximum absolute atomic E-state index is 12.9. The number of carbonyl (C=O) groups excluding carboxylic acids is 1. The van der Waals surface area contributed by atoms with E-state index in [0.29, 0.717) is 28.1 Å². The van der Waals surface area contributed by atoms with Gasteiger partial charge in [0.1, 0.15) is 22.2 Å². The molecule has 136 valence electrons. The summed E-state index contributed by atoms with van der Waals surface area (Å²) in [7, 11) is 0. The van der Waals surface area contributed by atoms with Gasteiger partial charge in [0.2, 0.25) is 0 Å². The lowest BCUT2D eigenvalue weighted by molar-refractivity contribution is 0.0900. The standard InChI is InChI=1S/C18H20ClN5OS/c1-4-11-7-12(17-22-13(19)8-26-17)21-15-14(20-9-24(11)15)16(25)23-18(2,3)10-5-6-10/h7-10H,4-6H2,1-3H3,(H,23,25). The molecule has 3 heterocycles. The van der Waals surface area contributed by atoms with Crippen molar-refractivity contribution in [1.82, 2.24) is 24.7 Å². The number of aryl methyl sites for hydroxylation is 1. The van der Waals surface area contributed by atoms with Gasteiger partial charge < -0.3 is 5.32 Å². The predicted octanol–water partition coefficient (Wildman–Crippen LogP) is 3.99. The minimum atomic E-state index is -0.235. The van der Waals surface area contributed by atoms with E-state index in [0.717, 1.165) is 30.0 Å². The van der Waals surface area contributed by atoms with Gasteiger partial charge in [0, 0.05) is 16.6 Å². The number of halogens is 1. The van der Waals surface area contributed by atoms with Crippen molar-refractivity contribution in [1.29, 1.82) is 0 Å². The summed E-state index contributed by atoms with van der Waals surface area (Å²) in [5.41, 5.74) is 2.39. The Bertz CT molecular complexity index is 989. The van der Waals surface area contributed by atoms with Crippen LogP contribution in [0.15, 0.2) is 17.8 Å². The Labute approximate surface area is 160 Å². The second-order valence-corrected chi connectivity index (χ2v) is 8.44. The average Bonchev–Trinajstić information content (AvgIpc) is 3.25. The highest BCUT2D eigenvalue weighted by atomic mass is 35.5. The number of thiazole rings is 1. The second kappa shape index (κ2) is 6.32. The van der Waals surface area contributed by atoms with E-state index in [2.05, 4.69) is 41.0 Å². The predicted molar refractivity (Wildman–Crippen MR) is 103 cm³/mol. The lowest BCUT2D eigenvalue weighted by Gasteiger charge is -2.25. The Kier molecular flexibility index (Phi) is 4.23. The number of fused-ring (bicyclic) bond motifs is 1. The fourth-order valence-electron chi connectivity index (χ4n) is 3.21. The van der Waals surface area contributed by atoms with Crippen molar-refractivity contribution in [3.63, 3.8) is 0 Å². The summed E-state index contributed by atoms with van der Waals surface area (Å²) in [4.78, 5) is 26.2. The van der Waals surface area contributed by atoms with E-state index in [1.807, 2.05) is 10.5 Å². The first-order valence-electron chi connectivity index (χ1n) is 8.70. The van der Waals surface area contributed by atoms with E-state index in [9.17, 15) is 4.79 Å². The Morgan fingerprint density at radius 3 is 2.81 bits per heavy atom.